The summed E-state index contributed by atoms with van der Waals surface area (Å²) in [6.45, 7) is 1.97. The van der Waals surface area contributed by atoms with E-state index in [2.05, 4.69) is 15.5 Å². The van der Waals surface area contributed by atoms with Crippen molar-refractivity contribution >= 4 is 5.69 Å². The summed E-state index contributed by atoms with van der Waals surface area (Å²) in [7, 11) is 1.51. The Balaban J connectivity index is 2.15. The molecular formula is C12H14FN3O. The van der Waals surface area contributed by atoms with Crippen LogP contribution in [0.15, 0.2) is 30.6 Å². The summed E-state index contributed by atoms with van der Waals surface area (Å²) in [6, 6.07) is 4.56. The molecule has 0 aliphatic rings. The van der Waals surface area contributed by atoms with Crippen LogP contribution in [0.25, 0.3) is 0 Å². The first-order chi connectivity index (χ1) is 8.19. The number of hydrogen-bond donors (Lipinski definition) is 2. The summed E-state index contributed by atoms with van der Waals surface area (Å²) in [5, 5.41) is 9.79. The first-order valence-electron chi connectivity index (χ1n) is 5.29. The van der Waals surface area contributed by atoms with Gasteiger partial charge in [0.25, 0.3) is 0 Å². The molecule has 2 aromatic rings. The highest BCUT2D eigenvalue weighted by Gasteiger charge is 2.08. The topological polar surface area (TPSA) is 49.9 Å². The number of rotatable bonds is 4. The lowest BCUT2D eigenvalue weighted by Gasteiger charge is -2.14. The van der Waals surface area contributed by atoms with Crippen molar-refractivity contribution in [3.63, 3.8) is 0 Å². The van der Waals surface area contributed by atoms with Gasteiger partial charge in [-0.2, -0.15) is 5.10 Å². The van der Waals surface area contributed by atoms with E-state index in [0.29, 0.717) is 11.4 Å². The normalized spacial score (nSPS) is 12.2. The van der Waals surface area contributed by atoms with Gasteiger partial charge in [0, 0.05) is 29.6 Å². The zero-order valence-corrected chi connectivity index (χ0v) is 9.70. The van der Waals surface area contributed by atoms with Gasteiger partial charge in [-0.15, -0.1) is 0 Å². The number of halogens is 1. The Morgan fingerprint density at radius 3 is 2.88 bits per heavy atom. The molecule has 17 heavy (non-hydrogen) atoms. The maximum absolute atomic E-state index is 13.3. The summed E-state index contributed by atoms with van der Waals surface area (Å²) in [6.07, 6.45) is 3.53. The van der Waals surface area contributed by atoms with E-state index in [-0.39, 0.29) is 11.9 Å². The Bertz CT molecular complexity index is 485. The summed E-state index contributed by atoms with van der Waals surface area (Å²) >= 11 is 0. The fraction of sp³-hybridized carbons (Fsp3) is 0.250. The van der Waals surface area contributed by atoms with Crippen LogP contribution >= 0.6 is 0 Å². The molecule has 0 aliphatic heterocycles. The lowest BCUT2D eigenvalue weighted by molar-refractivity contribution is 0.411. The molecule has 0 bridgehead atoms. The van der Waals surface area contributed by atoms with Crippen LogP contribution in [0.3, 0.4) is 0 Å². The van der Waals surface area contributed by atoms with E-state index >= 15 is 0 Å². The van der Waals surface area contributed by atoms with Crippen LogP contribution in [0.5, 0.6) is 5.75 Å². The Hall–Kier alpha value is -2.04. The second-order valence-electron chi connectivity index (χ2n) is 3.78. The van der Waals surface area contributed by atoms with Crippen molar-refractivity contribution in [3.8, 4) is 5.75 Å². The summed E-state index contributed by atoms with van der Waals surface area (Å²) < 4.78 is 18.3. The molecule has 0 aliphatic carbocycles. The van der Waals surface area contributed by atoms with Gasteiger partial charge in [-0.3, -0.25) is 5.10 Å². The lowest BCUT2D eigenvalue weighted by atomic mass is 10.2. The van der Waals surface area contributed by atoms with Gasteiger partial charge < -0.3 is 10.1 Å². The molecule has 0 fully saturated rings. The standard InChI is InChI=1S/C12H14FN3O/c1-8(9-6-14-15-7-9)16-11-3-10(13)4-12(5-11)17-2/h3-8,16H,1-2H3,(H,14,15). The van der Waals surface area contributed by atoms with Gasteiger partial charge in [-0.1, -0.05) is 0 Å². The molecule has 4 nitrogen and oxygen atoms in total. The Morgan fingerprint density at radius 1 is 1.41 bits per heavy atom. The number of aromatic amines is 1. The van der Waals surface area contributed by atoms with Crippen molar-refractivity contribution < 1.29 is 9.13 Å². The fourth-order valence-corrected chi connectivity index (χ4v) is 1.59. The Morgan fingerprint density at radius 2 is 2.24 bits per heavy atom. The van der Waals surface area contributed by atoms with E-state index in [4.69, 9.17) is 4.74 Å². The lowest BCUT2D eigenvalue weighted by Crippen LogP contribution is -2.06. The van der Waals surface area contributed by atoms with Gasteiger partial charge >= 0.3 is 0 Å². The number of methoxy groups -OCH3 is 1. The number of nitrogens with one attached hydrogen (secondary N) is 2. The van der Waals surface area contributed by atoms with Crippen molar-refractivity contribution in [2.45, 2.75) is 13.0 Å². The van der Waals surface area contributed by atoms with Crippen LogP contribution in [-0.2, 0) is 0 Å². The maximum atomic E-state index is 13.3. The number of H-pyrrole nitrogens is 1. The highest BCUT2D eigenvalue weighted by atomic mass is 19.1. The Kier molecular flexibility index (Phi) is 3.27. The van der Waals surface area contributed by atoms with E-state index in [9.17, 15) is 4.39 Å². The summed E-state index contributed by atoms with van der Waals surface area (Å²) in [4.78, 5) is 0. The van der Waals surface area contributed by atoms with Crippen molar-refractivity contribution in [1.29, 1.82) is 0 Å². The monoisotopic (exact) mass is 235 g/mol. The van der Waals surface area contributed by atoms with E-state index in [1.165, 1.54) is 19.2 Å². The number of benzene rings is 1. The van der Waals surface area contributed by atoms with Crippen molar-refractivity contribution in [2.24, 2.45) is 0 Å². The molecule has 1 unspecified atom stereocenters. The summed E-state index contributed by atoms with van der Waals surface area (Å²) in [5.41, 5.74) is 1.68. The first-order valence-corrected chi connectivity index (χ1v) is 5.29. The van der Waals surface area contributed by atoms with Crippen LogP contribution in [0.4, 0.5) is 10.1 Å². The van der Waals surface area contributed by atoms with Crippen LogP contribution in [0.2, 0.25) is 0 Å². The zero-order chi connectivity index (χ0) is 12.3. The molecule has 0 saturated carbocycles. The largest absolute Gasteiger partial charge is 0.497 e. The molecule has 1 aromatic heterocycles. The minimum Gasteiger partial charge on any atom is -0.497 e. The molecule has 1 atom stereocenters. The molecule has 90 valence electrons. The second kappa shape index (κ2) is 4.86. The third-order valence-electron chi connectivity index (χ3n) is 2.51. The number of hydrogen-bond acceptors (Lipinski definition) is 3. The quantitative estimate of drug-likeness (QED) is 0.856. The predicted molar refractivity (Wildman–Crippen MR) is 63.6 cm³/mol. The zero-order valence-electron chi connectivity index (χ0n) is 9.70. The van der Waals surface area contributed by atoms with Crippen LogP contribution in [0.1, 0.15) is 18.5 Å². The first kappa shape index (κ1) is 11.4. The van der Waals surface area contributed by atoms with Gasteiger partial charge in [0.2, 0.25) is 0 Å². The van der Waals surface area contributed by atoms with E-state index in [1.807, 2.05) is 6.92 Å². The third-order valence-corrected chi connectivity index (χ3v) is 2.51. The van der Waals surface area contributed by atoms with Crippen LogP contribution < -0.4 is 10.1 Å². The number of aromatic nitrogens is 2. The van der Waals surface area contributed by atoms with E-state index in [1.54, 1.807) is 18.5 Å². The predicted octanol–water partition coefficient (Wildman–Crippen LogP) is 2.73. The molecule has 0 saturated heterocycles. The summed E-state index contributed by atoms with van der Waals surface area (Å²) in [5.74, 6) is 0.165. The van der Waals surface area contributed by atoms with Crippen LogP contribution in [0, 0.1) is 5.82 Å². The third kappa shape index (κ3) is 2.75. The Labute approximate surface area is 98.8 Å². The van der Waals surface area contributed by atoms with Crippen LogP contribution in [-0.4, -0.2) is 17.3 Å². The van der Waals surface area contributed by atoms with E-state index < -0.39 is 0 Å². The minimum absolute atomic E-state index is 0.0419. The minimum atomic E-state index is -0.328. The highest BCUT2D eigenvalue weighted by molar-refractivity contribution is 5.50. The van der Waals surface area contributed by atoms with Gasteiger partial charge in [0.15, 0.2) is 0 Å². The highest BCUT2D eigenvalue weighted by Crippen LogP contribution is 2.23. The SMILES string of the molecule is COc1cc(F)cc(NC(C)c2cn[nH]c2)c1. The molecule has 0 amide bonds. The number of nitrogens with zero attached hydrogens (tertiary/aromatic N) is 1. The van der Waals surface area contributed by atoms with Crippen molar-refractivity contribution in [2.75, 3.05) is 12.4 Å². The molecule has 5 heteroatoms. The average Bonchev–Trinajstić information content (AvgIpc) is 2.81. The molecule has 1 heterocycles. The van der Waals surface area contributed by atoms with E-state index in [0.717, 1.165) is 5.56 Å². The molecule has 0 radical (unpaired) electrons. The molecule has 1 aromatic carbocycles. The molecule has 0 spiro atoms. The average molecular weight is 235 g/mol. The maximum Gasteiger partial charge on any atom is 0.128 e. The van der Waals surface area contributed by atoms with Gasteiger partial charge in [0.05, 0.1) is 19.3 Å². The smallest absolute Gasteiger partial charge is 0.128 e. The van der Waals surface area contributed by atoms with Crippen molar-refractivity contribution in [3.05, 3.63) is 42.0 Å². The number of ether oxygens (including phenoxy) is 1. The molecular weight excluding hydrogens is 221 g/mol. The molecule has 2 N–H and O–H groups in total. The fourth-order valence-electron chi connectivity index (χ4n) is 1.59. The second-order valence-corrected chi connectivity index (χ2v) is 3.78. The van der Waals surface area contributed by atoms with Gasteiger partial charge in [-0.05, 0) is 13.0 Å². The number of anilines is 1. The molecule has 2 rings (SSSR count). The van der Waals surface area contributed by atoms with Gasteiger partial charge in [-0.25, -0.2) is 4.39 Å². The van der Waals surface area contributed by atoms with Gasteiger partial charge in [0.1, 0.15) is 11.6 Å². The van der Waals surface area contributed by atoms with Crippen molar-refractivity contribution in [1.82, 2.24) is 10.2 Å².